The van der Waals surface area contributed by atoms with Gasteiger partial charge in [-0.1, -0.05) is 29.3 Å². The highest BCUT2D eigenvalue weighted by Crippen LogP contribution is 2.36. The van der Waals surface area contributed by atoms with E-state index in [1.807, 2.05) is 31.2 Å². The lowest BCUT2D eigenvalue weighted by atomic mass is 10.1. The van der Waals surface area contributed by atoms with Gasteiger partial charge < -0.3 is 5.32 Å². The quantitative estimate of drug-likeness (QED) is 0.741. The van der Waals surface area contributed by atoms with Crippen molar-refractivity contribution in [3.05, 3.63) is 58.6 Å². The number of anilines is 1. The van der Waals surface area contributed by atoms with Crippen LogP contribution in [0, 0.1) is 6.92 Å². The molecule has 0 spiro atoms. The molecular weight excluding hydrogens is 347 g/mol. The van der Waals surface area contributed by atoms with Crippen molar-refractivity contribution in [1.29, 1.82) is 0 Å². The Balaban J connectivity index is 2.06. The fourth-order valence-electron chi connectivity index (χ4n) is 1.90. The highest BCUT2D eigenvalue weighted by molar-refractivity contribution is 8.00. The monoisotopic (exact) mass is 359 g/mol. The Kier molecular flexibility index (Phi) is 5.59. The van der Waals surface area contributed by atoms with Gasteiger partial charge in [-0.3, -0.25) is 4.79 Å². The van der Waals surface area contributed by atoms with E-state index in [9.17, 15) is 18.0 Å². The molecule has 0 aromatic heterocycles. The van der Waals surface area contributed by atoms with Crippen LogP contribution >= 0.6 is 23.4 Å². The second-order valence-corrected chi connectivity index (χ2v) is 6.33. The number of alkyl halides is 3. The number of halogens is 4. The molecule has 0 saturated heterocycles. The molecule has 1 N–H and O–H groups in total. The summed E-state index contributed by atoms with van der Waals surface area (Å²) in [6, 6.07) is 10.8. The molecule has 23 heavy (non-hydrogen) atoms. The van der Waals surface area contributed by atoms with Gasteiger partial charge in [0.05, 0.1) is 17.0 Å². The zero-order valence-corrected chi connectivity index (χ0v) is 13.6. The molecule has 0 aliphatic carbocycles. The van der Waals surface area contributed by atoms with E-state index in [1.165, 1.54) is 17.8 Å². The molecule has 0 unspecified atom stereocenters. The highest BCUT2D eigenvalue weighted by atomic mass is 35.5. The second-order valence-electron chi connectivity index (χ2n) is 4.84. The molecular formula is C16H13ClF3NOS. The Morgan fingerprint density at radius 3 is 2.61 bits per heavy atom. The maximum Gasteiger partial charge on any atom is 0.418 e. The van der Waals surface area contributed by atoms with Gasteiger partial charge >= 0.3 is 6.18 Å². The van der Waals surface area contributed by atoms with Crippen molar-refractivity contribution >= 4 is 35.0 Å². The Morgan fingerprint density at radius 1 is 1.22 bits per heavy atom. The molecule has 7 heteroatoms. The average molecular weight is 360 g/mol. The molecule has 2 nitrogen and oxygen atoms in total. The van der Waals surface area contributed by atoms with Gasteiger partial charge in [0.15, 0.2) is 0 Å². The average Bonchev–Trinajstić information content (AvgIpc) is 2.46. The minimum atomic E-state index is -4.59. The fourth-order valence-corrected chi connectivity index (χ4v) is 2.89. The van der Waals surface area contributed by atoms with E-state index in [0.717, 1.165) is 22.6 Å². The summed E-state index contributed by atoms with van der Waals surface area (Å²) in [5, 5.41) is 2.25. The standard InChI is InChI=1S/C16H13ClF3NOS/c1-10-3-2-4-12(7-10)23-9-15(22)21-14-6-5-11(17)8-13(14)16(18,19)20/h2-8H,9H2,1H3,(H,21,22). The van der Waals surface area contributed by atoms with Crippen molar-refractivity contribution < 1.29 is 18.0 Å². The molecule has 2 rings (SSSR count). The fraction of sp³-hybridized carbons (Fsp3) is 0.188. The highest BCUT2D eigenvalue weighted by Gasteiger charge is 2.34. The maximum atomic E-state index is 13.0. The van der Waals surface area contributed by atoms with Crippen LogP contribution in [-0.4, -0.2) is 11.7 Å². The number of aryl methyl sites for hydroxylation is 1. The number of thioether (sulfide) groups is 1. The van der Waals surface area contributed by atoms with Crippen LogP contribution in [0.2, 0.25) is 5.02 Å². The van der Waals surface area contributed by atoms with Crippen LogP contribution in [0.15, 0.2) is 47.4 Å². The lowest BCUT2D eigenvalue weighted by Crippen LogP contribution is -2.18. The van der Waals surface area contributed by atoms with Gasteiger partial charge in [0, 0.05) is 9.92 Å². The minimum absolute atomic E-state index is 0.0172. The van der Waals surface area contributed by atoms with E-state index in [1.54, 1.807) is 0 Å². The van der Waals surface area contributed by atoms with E-state index in [0.29, 0.717) is 0 Å². The second kappa shape index (κ2) is 7.27. The number of carbonyl (C=O) groups excluding carboxylic acids is 1. The first kappa shape index (κ1) is 17.7. The summed E-state index contributed by atoms with van der Waals surface area (Å²) < 4.78 is 38.9. The van der Waals surface area contributed by atoms with Crippen molar-refractivity contribution in [2.75, 3.05) is 11.1 Å². The SMILES string of the molecule is Cc1cccc(SCC(=O)Nc2ccc(Cl)cc2C(F)(F)F)c1. The van der Waals surface area contributed by atoms with Crippen molar-refractivity contribution in [2.45, 2.75) is 18.0 Å². The molecule has 2 aromatic rings. The molecule has 0 bridgehead atoms. The largest absolute Gasteiger partial charge is 0.418 e. The molecule has 0 aliphatic rings. The Morgan fingerprint density at radius 2 is 1.96 bits per heavy atom. The van der Waals surface area contributed by atoms with Crippen LogP contribution in [0.5, 0.6) is 0 Å². The first-order valence-electron chi connectivity index (χ1n) is 6.62. The predicted molar refractivity (Wildman–Crippen MR) is 87.0 cm³/mol. The molecule has 0 radical (unpaired) electrons. The molecule has 0 saturated carbocycles. The number of amides is 1. The Hall–Kier alpha value is -1.66. The van der Waals surface area contributed by atoms with Crippen LogP contribution in [0.3, 0.4) is 0 Å². The Bertz CT molecular complexity index is 719. The number of rotatable bonds is 4. The zero-order chi connectivity index (χ0) is 17.0. The molecule has 0 atom stereocenters. The zero-order valence-electron chi connectivity index (χ0n) is 12.1. The van der Waals surface area contributed by atoms with Crippen molar-refractivity contribution in [2.24, 2.45) is 0 Å². The smallest absolute Gasteiger partial charge is 0.325 e. The third-order valence-corrected chi connectivity index (χ3v) is 4.15. The number of hydrogen-bond acceptors (Lipinski definition) is 2. The van der Waals surface area contributed by atoms with Gasteiger partial charge in [-0.25, -0.2) is 0 Å². The van der Waals surface area contributed by atoms with Crippen molar-refractivity contribution in [1.82, 2.24) is 0 Å². The normalized spacial score (nSPS) is 11.3. The van der Waals surface area contributed by atoms with Crippen LogP contribution in [-0.2, 0) is 11.0 Å². The summed E-state index contributed by atoms with van der Waals surface area (Å²) in [6.45, 7) is 1.92. The summed E-state index contributed by atoms with van der Waals surface area (Å²) in [7, 11) is 0. The lowest BCUT2D eigenvalue weighted by molar-refractivity contribution is -0.137. The first-order chi connectivity index (χ1) is 10.8. The van der Waals surface area contributed by atoms with Crippen LogP contribution in [0.25, 0.3) is 0 Å². The number of hydrogen-bond donors (Lipinski definition) is 1. The van der Waals surface area contributed by atoms with Crippen LogP contribution in [0.4, 0.5) is 18.9 Å². The van der Waals surface area contributed by atoms with Gasteiger partial charge in [0.2, 0.25) is 5.91 Å². The van der Waals surface area contributed by atoms with E-state index < -0.39 is 17.6 Å². The maximum absolute atomic E-state index is 13.0. The third kappa shape index (κ3) is 5.18. The molecule has 0 heterocycles. The van der Waals surface area contributed by atoms with Gasteiger partial charge in [-0.15, -0.1) is 11.8 Å². The number of nitrogens with one attached hydrogen (secondary N) is 1. The summed E-state index contributed by atoms with van der Waals surface area (Å²) >= 11 is 6.86. The number of carbonyl (C=O) groups is 1. The van der Waals surface area contributed by atoms with E-state index in [2.05, 4.69) is 5.32 Å². The van der Waals surface area contributed by atoms with Crippen molar-refractivity contribution in [3.63, 3.8) is 0 Å². The molecule has 1 amide bonds. The van der Waals surface area contributed by atoms with Gasteiger partial charge in [-0.2, -0.15) is 13.2 Å². The summed E-state index contributed by atoms with van der Waals surface area (Å²) in [5.41, 5.74) is -0.205. The van der Waals surface area contributed by atoms with E-state index in [-0.39, 0.29) is 16.5 Å². The molecule has 122 valence electrons. The van der Waals surface area contributed by atoms with E-state index in [4.69, 9.17) is 11.6 Å². The number of benzene rings is 2. The van der Waals surface area contributed by atoms with Crippen molar-refractivity contribution in [3.8, 4) is 0 Å². The molecule has 2 aromatic carbocycles. The summed E-state index contributed by atoms with van der Waals surface area (Å²) in [6.07, 6.45) is -4.59. The predicted octanol–water partition coefficient (Wildman–Crippen LogP) is 5.40. The minimum Gasteiger partial charge on any atom is -0.325 e. The Labute approximate surface area is 141 Å². The summed E-state index contributed by atoms with van der Waals surface area (Å²) in [5.74, 6) is -0.493. The topological polar surface area (TPSA) is 29.1 Å². The van der Waals surface area contributed by atoms with Gasteiger partial charge in [0.1, 0.15) is 0 Å². The van der Waals surface area contributed by atoms with Crippen LogP contribution in [0.1, 0.15) is 11.1 Å². The van der Waals surface area contributed by atoms with Gasteiger partial charge in [0.25, 0.3) is 0 Å². The van der Waals surface area contributed by atoms with E-state index >= 15 is 0 Å². The first-order valence-corrected chi connectivity index (χ1v) is 7.98. The lowest BCUT2D eigenvalue weighted by Gasteiger charge is -2.14. The third-order valence-electron chi connectivity index (χ3n) is 2.92. The molecule has 0 fully saturated rings. The van der Waals surface area contributed by atoms with Crippen LogP contribution < -0.4 is 5.32 Å². The molecule has 0 aliphatic heterocycles. The summed E-state index contributed by atoms with van der Waals surface area (Å²) in [4.78, 5) is 12.8. The van der Waals surface area contributed by atoms with Gasteiger partial charge in [-0.05, 0) is 37.3 Å².